The summed E-state index contributed by atoms with van der Waals surface area (Å²) in [6.45, 7) is 3.80. The number of halogens is 2. The van der Waals surface area contributed by atoms with E-state index in [9.17, 15) is 14.7 Å². The number of aromatic hydroxyl groups is 1. The highest BCUT2D eigenvalue weighted by atomic mass is 127. The van der Waals surface area contributed by atoms with E-state index in [1.165, 1.54) is 4.90 Å². The van der Waals surface area contributed by atoms with Crippen LogP contribution in [0.25, 0.3) is 6.08 Å². The van der Waals surface area contributed by atoms with Gasteiger partial charge in [0.2, 0.25) is 0 Å². The van der Waals surface area contributed by atoms with Crippen LogP contribution in [0.15, 0.2) is 21.5 Å². The molecule has 1 fully saturated rings. The van der Waals surface area contributed by atoms with Crippen LogP contribution in [0.5, 0.6) is 5.75 Å². The van der Waals surface area contributed by atoms with Crippen LogP contribution in [0.1, 0.15) is 25.8 Å². The molecule has 1 atom stereocenters. The molecule has 21 heavy (non-hydrogen) atoms. The Bertz CT molecular complexity index is 624. The van der Waals surface area contributed by atoms with Crippen LogP contribution >= 0.6 is 50.3 Å². The topological polar surface area (TPSA) is 57.6 Å². The second kappa shape index (κ2) is 6.70. The summed E-state index contributed by atoms with van der Waals surface area (Å²) < 4.78 is 1.23. The fourth-order valence-corrected chi connectivity index (χ4v) is 4.29. The van der Waals surface area contributed by atoms with E-state index < -0.39 is 0 Å². The smallest absolute Gasteiger partial charge is 0.293 e. The van der Waals surface area contributed by atoms with E-state index in [0.717, 1.165) is 23.7 Å². The van der Waals surface area contributed by atoms with E-state index in [4.69, 9.17) is 0 Å². The fourth-order valence-electron chi connectivity index (χ4n) is 1.86. The van der Waals surface area contributed by atoms with Gasteiger partial charge in [-0.3, -0.25) is 14.5 Å². The van der Waals surface area contributed by atoms with Gasteiger partial charge in [0.1, 0.15) is 5.75 Å². The van der Waals surface area contributed by atoms with Crippen molar-refractivity contribution in [2.75, 3.05) is 0 Å². The van der Waals surface area contributed by atoms with Gasteiger partial charge in [-0.1, -0.05) is 6.92 Å². The van der Waals surface area contributed by atoms with Gasteiger partial charge in [0.05, 0.1) is 12.9 Å². The van der Waals surface area contributed by atoms with Gasteiger partial charge < -0.3 is 5.11 Å². The fraction of sp³-hybridized carbons (Fsp3) is 0.286. The molecule has 1 aromatic rings. The zero-order valence-corrected chi connectivity index (χ0v) is 16.0. The second-order valence-corrected chi connectivity index (χ2v) is 7.65. The van der Waals surface area contributed by atoms with Gasteiger partial charge in [-0.2, -0.15) is 0 Å². The number of carbonyl (C=O) groups is 2. The molecular weight excluding hydrogens is 469 g/mol. The van der Waals surface area contributed by atoms with Crippen molar-refractivity contribution in [1.82, 2.24) is 4.90 Å². The number of benzene rings is 1. The summed E-state index contributed by atoms with van der Waals surface area (Å²) in [5.74, 6) is -0.0842. The number of hydrogen-bond donors (Lipinski definition) is 1. The lowest BCUT2D eigenvalue weighted by molar-refractivity contribution is -0.124. The lowest BCUT2D eigenvalue weighted by Crippen LogP contribution is -2.36. The first-order valence-electron chi connectivity index (χ1n) is 6.30. The molecular formula is C14H13BrINO3S. The maximum absolute atomic E-state index is 12.3. The van der Waals surface area contributed by atoms with Gasteiger partial charge in [-0.25, -0.2) is 0 Å². The van der Waals surface area contributed by atoms with Crippen molar-refractivity contribution in [2.24, 2.45) is 0 Å². The van der Waals surface area contributed by atoms with E-state index in [-0.39, 0.29) is 22.9 Å². The van der Waals surface area contributed by atoms with Gasteiger partial charge in [0.15, 0.2) is 0 Å². The minimum Gasteiger partial charge on any atom is -0.506 e. The molecule has 0 bridgehead atoms. The van der Waals surface area contributed by atoms with Crippen LogP contribution in [0.3, 0.4) is 0 Å². The minimum absolute atomic E-state index is 0.102. The van der Waals surface area contributed by atoms with Gasteiger partial charge in [-0.05, 0) is 87.4 Å². The SMILES string of the molecule is CC[C@@H](C)N1C(=O)S/C(=C/c2cc(Br)c(O)c(I)c2)C1=O. The molecule has 0 aliphatic carbocycles. The van der Waals surface area contributed by atoms with Gasteiger partial charge in [0.25, 0.3) is 11.1 Å². The lowest BCUT2D eigenvalue weighted by atomic mass is 10.2. The molecule has 1 aliphatic heterocycles. The first-order chi connectivity index (χ1) is 9.85. The highest BCUT2D eigenvalue weighted by Crippen LogP contribution is 2.36. The summed E-state index contributed by atoms with van der Waals surface area (Å²) in [5, 5.41) is 9.49. The number of rotatable bonds is 3. The standard InChI is InChI=1S/C14H13BrINO3S/c1-3-7(2)17-13(19)11(21-14(17)20)6-8-4-9(15)12(18)10(16)5-8/h4-7,18H,3H2,1-2H3/b11-6+/t7-/m1/s1. The van der Waals surface area contributed by atoms with Gasteiger partial charge >= 0.3 is 0 Å². The Labute approximate surface area is 149 Å². The van der Waals surface area contributed by atoms with Crippen molar-refractivity contribution < 1.29 is 14.7 Å². The van der Waals surface area contributed by atoms with Gasteiger partial charge in [-0.15, -0.1) is 0 Å². The zero-order chi connectivity index (χ0) is 15.7. The van der Waals surface area contributed by atoms with Crippen molar-refractivity contribution in [3.8, 4) is 5.75 Å². The van der Waals surface area contributed by atoms with Crippen molar-refractivity contribution in [3.63, 3.8) is 0 Å². The van der Waals surface area contributed by atoms with E-state index in [1.807, 2.05) is 36.4 Å². The van der Waals surface area contributed by atoms with Crippen LogP contribution in [-0.4, -0.2) is 27.2 Å². The summed E-state index contributed by atoms with van der Waals surface area (Å²) in [7, 11) is 0. The maximum atomic E-state index is 12.3. The third-order valence-electron chi connectivity index (χ3n) is 3.19. The molecule has 1 heterocycles. The summed E-state index contributed by atoms with van der Waals surface area (Å²) in [6, 6.07) is 3.38. The molecule has 1 N–H and O–H groups in total. The van der Waals surface area contributed by atoms with Crippen molar-refractivity contribution >= 4 is 67.5 Å². The summed E-state index contributed by atoms with van der Waals surface area (Å²) in [4.78, 5) is 26.0. The average Bonchev–Trinajstić information content (AvgIpc) is 2.70. The molecule has 1 aliphatic rings. The predicted octanol–water partition coefficient (Wildman–Crippen LogP) is 4.59. The van der Waals surface area contributed by atoms with E-state index in [2.05, 4.69) is 15.9 Å². The quantitative estimate of drug-likeness (QED) is 0.506. The largest absolute Gasteiger partial charge is 0.506 e. The number of phenols is 1. The van der Waals surface area contributed by atoms with Crippen molar-refractivity contribution in [3.05, 3.63) is 30.6 Å². The monoisotopic (exact) mass is 481 g/mol. The predicted molar refractivity (Wildman–Crippen MR) is 96.1 cm³/mol. The third-order valence-corrected chi connectivity index (χ3v) is 5.50. The summed E-state index contributed by atoms with van der Waals surface area (Å²) >= 11 is 6.23. The Hall–Kier alpha value is -0.540. The van der Waals surface area contributed by atoms with Crippen molar-refractivity contribution in [1.29, 1.82) is 0 Å². The first kappa shape index (κ1) is 16.8. The number of nitrogens with zero attached hydrogens (tertiary/aromatic N) is 1. The third kappa shape index (κ3) is 3.45. The van der Waals surface area contributed by atoms with Crippen LogP contribution < -0.4 is 0 Å². The molecule has 112 valence electrons. The number of thioether (sulfide) groups is 1. The number of phenolic OH excluding ortho intramolecular Hbond substituents is 1. The highest BCUT2D eigenvalue weighted by Gasteiger charge is 2.37. The Morgan fingerprint density at radius 1 is 1.48 bits per heavy atom. The number of imide groups is 1. The Morgan fingerprint density at radius 2 is 2.14 bits per heavy atom. The molecule has 0 radical (unpaired) electrons. The van der Waals surface area contributed by atoms with Crippen LogP contribution in [0.2, 0.25) is 0 Å². The van der Waals surface area contributed by atoms with E-state index in [0.29, 0.717) is 12.9 Å². The molecule has 7 heteroatoms. The molecule has 2 amide bonds. The lowest BCUT2D eigenvalue weighted by Gasteiger charge is -2.19. The first-order valence-corrected chi connectivity index (χ1v) is 8.99. The number of hydrogen-bond acceptors (Lipinski definition) is 4. The molecule has 0 spiro atoms. The van der Waals surface area contributed by atoms with Crippen LogP contribution in [0.4, 0.5) is 4.79 Å². The number of carbonyl (C=O) groups excluding carboxylic acids is 2. The molecule has 0 aromatic heterocycles. The molecule has 0 saturated carbocycles. The van der Waals surface area contributed by atoms with Crippen LogP contribution in [0, 0.1) is 3.57 Å². The zero-order valence-electron chi connectivity index (χ0n) is 11.4. The van der Waals surface area contributed by atoms with E-state index >= 15 is 0 Å². The minimum atomic E-state index is -0.251. The average molecular weight is 482 g/mol. The Morgan fingerprint density at radius 3 is 2.71 bits per heavy atom. The summed E-state index contributed by atoms with van der Waals surface area (Å²) in [5.41, 5.74) is 0.763. The van der Waals surface area contributed by atoms with Gasteiger partial charge in [0, 0.05) is 6.04 Å². The Balaban J connectivity index is 2.35. The molecule has 2 rings (SSSR count). The molecule has 1 aromatic carbocycles. The molecule has 1 saturated heterocycles. The maximum Gasteiger partial charge on any atom is 0.293 e. The highest BCUT2D eigenvalue weighted by molar-refractivity contribution is 14.1. The van der Waals surface area contributed by atoms with Crippen molar-refractivity contribution in [2.45, 2.75) is 26.3 Å². The Kier molecular flexibility index (Phi) is 5.37. The number of amides is 2. The normalized spacial score (nSPS) is 18.7. The van der Waals surface area contributed by atoms with Crippen LogP contribution in [-0.2, 0) is 4.79 Å². The van der Waals surface area contributed by atoms with E-state index in [1.54, 1.807) is 18.2 Å². The molecule has 4 nitrogen and oxygen atoms in total. The molecule has 0 unspecified atom stereocenters. The summed E-state index contributed by atoms with van der Waals surface area (Å²) in [6.07, 6.45) is 2.41. The second-order valence-electron chi connectivity index (χ2n) is 4.64.